The fourth-order valence-corrected chi connectivity index (χ4v) is 11.4. The van der Waals surface area contributed by atoms with Gasteiger partial charge in [0.1, 0.15) is 11.2 Å². The van der Waals surface area contributed by atoms with E-state index in [-0.39, 0.29) is 0 Å². The number of fused-ring (bicyclic) bond motifs is 7. The molecule has 0 N–H and O–H groups in total. The van der Waals surface area contributed by atoms with Crippen LogP contribution in [0.2, 0.25) is 0 Å². The van der Waals surface area contributed by atoms with E-state index in [1.165, 1.54) is 64.3 Å². The topological polar surface area (TPSA) is 19.6 Å². The van der Waals surface area contributed by atoms with Crippen LogP contribution in [0.4, 0.5) is 34.1 Å². The summed E-state index contributed by atoms with van der Waals surface area (Å²) in [6.07, 6.45) is 0. The van der Waals surface area contributed by atoms with Crippen LogP contribution in [0, 0.1) is 13.8 Å². The van der Waals surface area contributed by atoms with E-state index in [0.717, 1.165) is 66.8 Å². The number of hydrogen-bond acceptors (Lipinski definition) is 5. The molecule has 13 rings (SSSR count). The van der Waals surface area contributed by atoms with Crippen LogP contribution in [0.3, 0.4) is 0 Å². The monoisotopic (exact) mass is 894 g/mol. The molecule has 3 nitrogen and oxygen atoms in total. The number of benzene rings is 10. The smallest absolute Gasteiger partial charge is 0.136 e. The van der Waals surface area contributed by atoms with Gasteiger partial charge >= 0.3 is 0 Å². The van der Waals surface area contributed by atoms with Gasteiger partial charge in [0.2, 0.25) is 0 Å². The van der Waals surface area contributed by atoms with Crippen LogP contribution < -0.4 is 9.80 Å². The van der Waals surface area contributed by atoms with Gasteiger partial charge in [0, 0.05) is 54.0 Å². The second kappa shape index (κ2) is 15.9. The van der Waals surface area contributed by atoms with E-state index in [1.807, 2.05) is 0 Å². The Kier molecular flexibility index (Phi) is 9.34. The molecule has 67 heavy (non-hydrogen) atoms. The van der Waals surface area contributed by atoms with Crippen LogP contribution in [0.15, 0.2) is 221 Å². The molecule has 5 heteroatoms. The van der Waals surface area contributed by atoms with E-state index in [0.29, 0.717) is 0 Å². The number of rotatable bonds is 8. The summed E-state index contributed by atoms with van der Waals surface area (Å²) in [4.78, 5) is 4.82. The zero-order valence-electron chi connectivity index (χ0n) is 36.9. The van der Waals surface area contributed by atoms with Crippen LogP contribution in [0.5, 0.6) is 0 Å². The highest BCUT2D eigenvalue weighted by molar-refractivity contribution is 7.17. The maximum atomic E-state index is 6.84. The largest absolute Gasteiger partial charge is 0.456 e. The Balaban J connectivity index is 0.947. The molecule has 13 aromatic rings. The lowest BCUT2D eigenvalue weighted by Gasteiger charge is -2.28. The van der Waals surface area contributed by atoms with Gasteiger partial charge in [-0.25, -0.2) is 0 Å². The molecule has 0 amide bonds. The quantitative estimate of drug-likeness (QED) is 0.152. The fraction of sp³-hybridized carbons (Fsp3) is 0.0323. The number of nitrogens with zero attached hydrogens (tertiary/aromatic N) is 2. The van der Waals surface area contributed by atoms with Crippen molar-refractivity contribution in [3.05, 3.63) is 228 Å². The highest BCUT2D eigenvalue weighted by Gasteiger charge is 2.22. The number of anilines is 6. The Morgan fingerprint density at radius 2 is 0.761 bits per heavy atom. The first-order chi connectivity index (χ1) is 33.0. The molecule has 0 bridgehead atoms. The van der Waals surface area contributed by atoms with Crippen LogP contribution >= 0.6 is 22.7 Å². The van der Waals surface area contributed by atoms with Gasteiger partial charge in [-0.3, -0.25) is 0 Å². The molecule has 10 aromatic carbocycles. The molecule has 0 saturated heterocycles. The lowest BCUT2D eigenvalue weighted by molar-refractivity contribution is 0.670. The molecule has 0 saturated carbocycles. The molecule has 0 atom stereocenters. The number of hydrogen-bond donors (Lipinski definition) is 0. The van der Waals surface area contributed by atoms with Gasteiger partial charge in [-0.15, -0.1) is 22.7 Å². The minimum absolute atomic E-state index is 0.875. The number of aryl methyl sites for hydroxylation is 2. The van der Waals surface area contributed by atoms with Gasteiger partial charge in [0.05, 0.1) is 11.4 Å². The van der Waals surface area contributed by atoms with Crippen molar-refractivity contribution in [1.29, 1.82) is 0 Å². The van der Waals surface area contributed by atoms with E-state index in [9.17, 15) is 0 Å². The zero-order valence-corrected chi connectivity index (χ0v) is 38.5. The van der Waals surface area contributed by atoms with Crippen molar-refractivity contribution < 1.29 is 4.42 Å². The lowest BCUT2D eigenvalue weighted by atomic mass is 9.99. The second-order valence-electron chi connectivity index (χ2n) is 17.6. The van der Waals surface area contributed by atoms with Gasteiger partial charge in [-0.1, -0.05) is 108 Å². The van der Waals surface area contributed by atoms with Crippen molar-refractivity contribution in [2.45, 2.75) is 13.8 Å². The second-order valence-corrected chi connectivity index (χ2v) is 19.5. The summed E-state index contributed by atoms with van der Waals surface area (Å²) in [6, 6.07) is 75.8. The van der Waals surface area contributed by atoms with Crippen LogP contribution in [0.1, 0.15) is 11.1 Å². The molecule has 0 fully saturated rings. The molecule has 0 radical (unpaired) electrons. The predicted molar refractivity (Wildman–Crippen MR) is 289 cm³/mol. The standard InChI is InChI=1S/C62H42N2OS2/c1-39-13-19-49(20-14-39)63(57-37-61-45(25-27-66-61)33-53(57)41-9-5-3-6-10-41)51-23-17-43-31-55-56-32-44-18-24-52(30-48(44)36-60(56)65-59(55)35-47(43)29-51)64(50-21-15-40(2)16-22-50)58-38-62-46(26-28-67-62)34-54(58)42-11-7-4-8-12-42/h3-38H,1-2H3. The molecule has 3 aromatic heterocycles. The van der Waals surface area contributed by atoms with E-state index in [1.54, 1.807) is 22.7 Å². The third-order valence-corrected chi connectivity index (χ3v) is 15.0. The van der Waals surface area contributed by atoms with E-state index in [4.69, 9.17) is 4.42 Å². The molecule has 3 heterocycles. The fourth-order valence-electron chi connectivity index (χ4n) is 9.82. The summed E-state index contributed by atoms with van der Waals surface area (Å²) in [5, 5.41) is 13.7. The van der Waals surface area contributed by atoms with Gasteiger partial charge in [-0.05, 0) is 177 Å². The van der Waals surface area contributed by atoms with Crippen molar-refractivity contribution in [1.82, 2.24) is 0 Å². The number of thiophene rings is 2. The minimum Gasteiger partial charge on any atom is -0.456 e. The summed E-state index contributed by atoms with van der Waals surface area (Å²) < 4.78 is 9.36. The van der Waals surface area contributed by atoms with Gasteiger partial charge in [0.25, 0.3) is 0 Å². The lowest BCUT2D eigenvalue weighted by Crippen LogP contribution is -2.11. The first kappa shape index (κ1) is 39.4. The Bertz CT molecular complexity index is 3740. The SMILES string of the molecule is Cc1ccc(N(c2ccc3cc4c(cc3c2)oc2cc3cc(N(c5ccc(C)cc5)c5cc6sccc6cc5-c5ccccc5)ccc3cc24)c2cc3sccc3cc2-c2ccccc2)cc1. The molecule has 0 aliphatic carbocycles. The van der Waals surface area contributed by atoms with Crippen LogP contribution in [-0.2, 0) is 0 Å². The van der Waals surface area contributed by atoms with Crippen molar-refractivity contribution >= 4 is 120 Å². The van der Waals surface area contributed by atoms with E-state index >= 15 is 0 Å². The molecule has 0 unspecified atom stereocenters. The molecule has 0 spiro atoms. The maximum Gasteiger partial charge on any atom is 0.136 e. The molecule has 0 aliphatic rings. The summed E-state index contributed by atoms with van der Waals surface area (Å²) in [5.41, 5.74) is 15.6. The highest BCUT2D eigenvalue weighted by Crippen LogP contribution is 2.47. The van der Waals surface area contributed by atoms with Crippen molar-refractivity contribution in [3.8, 4) is 22.3 Å². The molecule has 0 aliphatic heterocycles. The molecule has 318 valence electrons. The van der Waals surface area contributed by atoms with E-state index in [2.05, 4.69) is 241 Å². The number of furan rings is 1. The average molecular weight is 895 g/mol. The first-order valence-electron chi connectivity index (χ1n) is 22.7. The van der Waals surface area contributed by atoms with Crippen LogP contribution in [0.25, 0.3) is 85.9 Å². The van der Waals surface area contributed by atoms with Crippen LogP contribution in [-0.4, -0.2) is 0 Å². The Morgan fingerprint density at radius 3 is 1.19 bits per heavy atom. The summed E-state index contributed by atoms with van der Waals surface area (Å²) in [6.45, 7) is 4.29. The molecular weight excluding hydrogens is 853 g/mol. The van der Waals surface area contributed by atoms with Gasteiger partial charge in [0.15, 0.2) is 0 Å². The average Bonchev–Trinajstić information content (AvgIpc) is 4.12. The Labute approximate surface area is 396 Å². The third-order valence-electron chi connectivity index (χ3n) is 13.2. The van der Waals surface area contributed by atoms with Gasteiger partial charge < -0.3 is 14.2 Å². The summed E-state index contributed by atoms with van der Waals surface area (Å²) in [7, 11) is 0. The highest BCUT2D eigenvalue weighted by atomic mass is 32.1. The Hall–Kier alpha value is -7.96. The normalized spacial score (nSPS) is 11.7. The van der Waals surface area contributed by atoms with Crippen molar-refractivity contribution in [2.75, 3.05) is 9.80 Å². The maximum absolute atomic E-state index is 6.84. The molecular formula is C62H42N2OS2. The predicted octanol–water partition coefficient (Wildman–Crippen LogP) is 19.2. The third kappa shape index (κ3) is 6.94. The first-order valence-corrected chi connectivity index (χ1v) is 24.4. The van der Waals surface area contributed by atoms with Gasteiger partial charge in [-0.2, -0.15) is 0 Å². The summed E-state index contributed by atoms with van der Waals surface area (Å²) >= 11 is 3.56. The zero-order chi connectivity index (χ0) is 44.6. The van der Waals surface area contributed by atoms with Crippen molar-refractivity contribution in [2.24, 2.45) is 0 Å². The minimum atomic E-state index is 0.875. The van der Waals surface area contributed by atoms with Crippen molar-refractivity contribution in [3.63, 3.8) is 0 Å². The van der Waals surface area contributed by atoms with E-state index < -0.39 is 0 Å². The Morgan fingerprint density at radius 1 is 0.343 bits per heavy atom. The summed E-state index contributed by atoms with van der Waals surface area (Å²) in [5.74, 6) is 0.